The molecule has 0 spiro atoms. The molecule has 0 atom stereocenters. The summed E-state index contributed by atoms with van der Waals surface area (Å²) in [6.07, 6.45) is 1.31. The van der Waals surface area contributed by atoms with Crippen molar-refractivity contribution in [3.63, 3.8) is 0 Å². The van der Waals surface area contributed by atoms with Crippen LogP contribution in [-0.2, 0) is 9.31 Å². The lowest BCUT2D eigenvalue weighted by molar-refractivity contribution is 0.00578. The molecule has 1 aliphatic rings. The fourth-order valence-electron chi connectivity index (χ4n) is 2.03. The zero-order valence-corrected chi connectivity index (χ0v) is 13.8. The fourth-order valence-corrected chi connectivity index (χ4v) is 2.08. The minimum Gasteiger partial charge on any atom is -0.399 e. The SMILES string of the molecule is CC1(C)OB(c2cccc(F)c2C=NNC(N)=S)OC1(C)C. The number of hydrogen-bond acceptors (Lipinski definition) is 4. The van der Waals surface area contributed by atoms with Gasteiger partial charge in [0.25, 0.3) is 0 Å². The Morgan fingerprint density at radius 3 is 2.45 bits per heavy atom. The van der Waals surface area contributed by atoms with Crippen LogP contribution in [0.1, 0.15) is 33.3 Å². The van der Waals surface area contributed by atoms with Gasteiger partial charge in [0.2, 0.25) is 0 Å². The summed E-state index contributed by atoms with van der Waals surface area (Å²) in [7, 11) is -0.674. The molecular formula is C14H19BFN3O2S. The van der Waals surface area contributed by atoms with Crippen LogP contribution in [0.3, 0.4) is 0 Å². The van der Waals surface area contributed by atoms with Crippen LogP contribution in [-0.4, -0.2) is 29.6 Å². The Bertz CT molecular complexity index is 606. The lowest BCUT2D eigenvalue weighted by Crippen LogP contribution is -2.41. The van der Waals surface area contributed by atoms with Crippen LogP contribution in [0.2, 0.25) is 0 Å². The van der Waals surface area contributed by atoms with Gasteiger partial charge in [-0.3, -0.25) is 5.43 Å². The number of nitrogens with one attached hydrogen (secondary N) is 1. The molecule has 0 aliphatic carbocycles. The van der Waals surface area contributed by atoms with Gasteiger partial charge in [0.1, 0.15) is 5.82 Å². The van der Waals surface area contributed by atoms with Crippen LogP contribution in [0, 0.1) is 5.82 Å². The van der Waals surface area contributed by atoms with Crippen LogP contribution >= 0.6 is 12.2 Å². The van der Waals surface area contributed by atoms with Crippen LogP contribution in [0.4, 0.5) is 4.39 Å². The third kappa shape index (κ3) is 3.29. The highest BCUT2D eigenvalue weighted by molar-refractivity contribution is 7.80. The molecule has 0 bridgehead atoms. The molecular weight excluding hydrogens is 304 g/mol. The second kappa shape index (κ2) is 5.94. The average molecular weight is 323 g/mol. The Balaban J connectivity index is 2.35. The first kappa shape index (κ1) is 16.9. The third-order valence-corrected chi connectivity index (χ3v) is 4.05. The van der Waals surface area contributed by atoms with Crippen molar-refractivity contribution >= 4 is 36.1 Å². The lowest BCUT2D eigenvalue weighted by atomic mass is 9.76. The maximum Gasteiger partial charge on any atom is 0.495 e. The highest BCUT2D eigenvalue weighted by Crippen LogP contribution is 2.36. The summed E-state index contributed by atoms with van der Waals surface area (Å²) in [6, 6.07) is 4.69. The highest BCUT2D eigenvalue weighted by atomic mass is 32.1. The van der Waals surface area contributed by atoms with Crippen molar-refractivity contribution in [3.05, 3.63) is 29.6 Å². The molecule has 0 aromatic heterocycles. The van der Waals surface area contributed by atoms with E-state index >= 15 is 0 Å². The first-order chi connectivity index (χ1) is 10.1. The number of benzene rings is 1. The Morgan fingerprint density at radius 2 is 1.91 bits per heavy atom. The summed E-state index contributed by atoms with van der Waals surface area (Å²) in [4.78, 5) is 0. The molecule has 1 aromatic carbocycles. The quantitative estimate of drug-likeness (QED) is 0.380. The summed E-state index contributed by atoms with van der Waals surface area (Å²) in [5.41, 5.74) is 7.51. The molecule has 118 valence electrons. The number of thiocarbonyl (C=S) groups is 1. The summed E-state index contributed by atoms with van der Waals surface area (Å²) < 4.78 is 26.0. The molecule has 1 heterocycles. The number of nitrogens with zero attached hydrogens (tertiary/aromatic N) is 1. The first-order valence-corrected chi connectivity index (χ1v) is 7.27. The Morgan fingerprint density at radius 1 is 1.32 bits per heavy atom. The van der Waals surface area contributed by atoms with Gasteiger partial charge >= 0.3 is 7.12 Å². The van der Waals surface area contributed by atoms with Gasteiger partial charge in [-0.1, -0.05) is 12.1 Å². The van der Waals surface area contributed by atoms with Gasteiger partial charge in [0.15, 0.2) is 5.11 Å². The van der Waals surface area contributed by atoms with E-state index in [1.54, 1.807) is 12.1 Å². The van der Waals surface area contributed by atoms with Crippen LogP contribution in [0.5, 0.6) is 0 Å². The standard InChI is InChI=1S/C14H19BFN3O2S/c1-13(2)14(3,4)21-15(20-13)10-6-5-7-11(16)9(10)8-18-19-12(17)22/h5-8H,1-4H3,(H3,17,19,22). The van der Waals surface area contributed by atoms with Crippen LogP contribution < -0.4 is 16.6 Å². The number of hydrogen-bond donors (Lipinski definition) is 2. The number of hydrazone groups is 1. The Kier molecular flexibility index (Phi) is 4.55. The molecule has 0 amide bonds. The molecule has 0 saturated carbocycles. The maximum atomic E-state index is 14.1. The number of halogens is 1. The van der Waals surface area contributed by atoms with Crippen molar-refractivity contribution in [3.8, 4) is 0 Å². The number of rotatable bonds is 3. The fraction of sp³-hybridized carbons (Fsp3) is 0.429. The minimum absolute atomic E-state index is 0.00442. The summed E-state index contributed by atoms with van der Waals surface area (Å²) in [5, 5.41) is 3.82. The van der Waals surface area contributed by atoms with Crippen molar-refractivity contribution < 1.29 is 13.7 Å². The van der Waals surface area contributed by atoms with Crippen molar-refractivity contribution in [2.24, 2.45) is 10.8 Å². The molecule has 22 heavy (non-hydrogen) atoms. The predicted molar refractivity (Wildman–Crippen MR) is 89.6 cm³/mol. The smallest absolute Gasteiger partial charge is 0.399 e. The van der Waals surface area contributed by atoms with Gasteiger partial charge in [0, 0.05) is 5.56 Å². The van der Waals surface area contributed by atoms with Crippen LogP contribution in [0.25, 0.3) is 0 Å². The van der Waals surface area contributed by atoms with Gasteiger partial charge in [-0.15, -0.1) is 0 Å². The van der Waals surface area contributed by atoms with Gasteiger partial charge in [-0.25, -0.2) is 4.39 Å². The van der Waals surface area contributed by atoms with E-state index in [1.807, 2.05) is 27.7 Å². The highest BCUT2D eigenvalue weighted by Gasteiger charge is 2.52. The van der Waals surface area contributed by atoms with Gasteiger partial charge in [0.05, 0.1) is 17.4 Å². The van der Waals surface area contributed by atoms with E-state index in [2.05, 4.69) is 22.7 Å². The van der Waals surface area contributed by atoms with Crippen LogP contribution in [0.15, 0.2) is 23.3 Å². The van der Waals surface area contributed by atoms with E-state index in [0.29, 0.717) is 5.46 Å². The molecule has 3 N–H and O–H groups in total. The van der Waals surface area contributed by atoms with E-state index in [9.17, 15) is 4.39 Å². The predicted octanol–water partition coefficient (Wildman–Crippen LogP) is 1.29. The van der Waals surface area contributed by atoms with E-state index in [1.165, 1.54) is 12.3 Å². The minimum atomic E-state index is -0.674. The summed E-state index contributed by atoms with van der Waals surface area (Å²) in [6.45, 7) is 7.76. The molecule has 1 saturated heterocycles. The van der Waals surface area contributed by atoms with Crippen molar-refractivity contribution in [1.82, 2.24) is 5.43 Å². The topological polar surface area (TPSA) is 68.9 Å². The Hall–Kier alpha value is -1.51. The summed E-state index contributed by atoms with van der Waals surface area (Å²) >= 11 is 4.65. The zero-order valence-electron chi connectivity index (χ0n) is 13.0. The molecule has 0 radical (unpaired) electrons. The molecule has 1 aromatic rings. The normalized spacial score (nSPS) is 19.6. The second-order valence-corrected chi connectivity index (χ2v) is 6.51. The van der Waals surface area contributed by atoms with Gasteiger partial charge in [-0.2, -0.15) is 5.10 Å². The largest absolute Gasteiger partial charge is 0.495 e. The van der Waals surface area contributed by atoms with E-state index in [0.717, 1.165) is 0 Å². The van der Waals surface area contributed by atoms with Crippen molar-refractivity contribution in [2.75, 3.05) is 0 Å². The summed E-state index contributed by atoms with van der Waals surface area (Å²) in [5.74, 6) is -0.430. The maximum absolute atomic E-state index is 14.1. The molecule has 1 aliphatic heterocycles. The molecule has 5 nitrogen and oxygen atoms in total. The second-order valence-electron chi connectivity index (χ2n) is 6.07. The van der Waals surface area contributed by atoms with Gasteiger partial charge in [-0.05, 0) is 51.4 Å². The van der Waals surface area contributed by atoms with Crippen molar-refractivity contribution in [1.29, 1.82) is 0 Å². The van der Waals surface area contributed by atoms with E-state index in [-0.39, 0.29) is 10.7 Å². The zero-order chi connectivity index (χ0) is 16.5. The molecule has 0 unspecified atom stereocenters. The average Bonchev–Trinajstić information content (AvgIpc) is 2.60. The first-order valence-electron chi connectivity index (χ1n) is 6.86. The third-order valence-electron chi connectivity index (χ3n) is 3.96. The Labute approximate surface area is 135 Å². The number of nitrogens with two attached hydrogens (primary N) is 1. The monoisotopic (exact) mass is 323 g/mol. The van der Waals surface area contributed by atoms with E-state index < -0.39 is 24.1 Å². The van der Waals surface area contributed by atoms with Crippen molar-refractivity contribution in [2.45, 2.75) is 38.9 Å². The van der Waals surface area contributed by atoms with Gasteiger partial charge < -0.3 is 15.0 Å². The molecule has 2 rings (SSSR count). The molecule has 8 heteroatoms. The molecule has 1 fully saturated rings. The lowest BCUT2D eigenvalue weighted by Gasteiger charge is -2.32. The van der Waals surface area contributed by atoms with E-state index in [4.69, 9.17) is 15.0 Å².